The van der Waals surface area contributed by atoms with Crippen LogP contribution in [0.3, 0.4) is 0 Å². The van der Waals surface area contributed by atoms with Crippen molar-refractivity contribution in [2.45, 2.75) is 60.5 Å². The summed E-state index contributed by atoms with van der Waals surface area (Å²) in [5.41, 5.74) is 2.58. The largest absolute Gasteiger partial charge is 0.444 e. The summed E-state index contributed by atoms with van der Waals surface area (Å²) >= 11 is 24.1. The highest BCUT2D eigenvalue weighted by Gasteiger charge is 2.16. The molecule has 15 heteroatoms. The Morgan fingerprint density at radius 2 is 1.17 bits per heavy atom. The van der Waals surface area contributed by atoms with Crippen LogP contribution < -0.4 is 10.6 Å². The Morgan fingerprint density at radius 1 is 0.731 bits per heavy atom. The lowest BCUT2D eigenvalue weighted by atomic mass is 10.2. The Balaban J connectivity index is 0.000000340. The summed E-state index contributed by atoms with van der Waals surface area (Å²) in [5.74, 6) is -0.899. The van der Waals surface area contributed by atoms with Gasteiger partial charge in [-0.1, -0.05) is 67.7 Å². The van der Waals surface area contributed by atoms with Crippen molar-refractivity contribution in [3.8, 4) is 22.8 Å². The second kappa shape index (κ2) is 20.8. The Bertz CT molecular complexity index is 1910. The molecule has 2 heterocycles. The van der Waals surface area contributed by atoms with Crippen molar-refractivity contribution in [2.75, 3.05) is 13.1 Å². The molecule has 0 atom stereocenters. The van der Waals surface area contributed by atoms with Crippen molar-refractivity contribution in [1.82, 2.24) is 30.6 Å². The van der Waals surface area contributed by atoms with Crippen LogP contribution in [0, 0.1) is 11.6 Å². The summed E-state index contributed by atoms with van der Waals surface area (Å²) < 4.78 is 31.5. The third-order valence-electron chi connectivity index (χ3n) is 6.50. The van der Waals surface area contributed by atoms with E-state index < -0.39 is 29.2 Å². The Labute approximate surface area is 322 Å². The molecule has 4 N–H and O–H groups in total. The van der Waals surface area contributed by atoms with Crippen molar-refractivity contribution in [3.05, 3.63) is 116 Å². The van der Waals surface area contributed by atoms with Crippen molar-refractivity contribution in [1.29, 1.82) is 0 Å². The third-order valence-corrected chi connectivity index (χ3v) is 7.59. The summed E-state index contributed by atoms with van der Waals surface area (Å²) in [7, 11) is 0. The highest BCUT2D eigenvalue weighted by Crippen LogP contribution is 2.29. The van der Waals surface area contributed by atoms with Gasteiger partial charge in [0.2, 0.25) is 0 Å². The van der Waals surface area contributed by atoms with Crippen molar-refractivity contribution in [3.63, 3.8) is 0 Å². The molecule has 0 spiro atoms. The van der Waals surface area contributed by atoms with Crippen LogP contribution in [0.4, 0.5) is 13.6 Å². The topological polar surface area (TPSA) is 125 Å². The zero-order chi connectivity index (χ0) is 37.7. The second-order valence-electron chi connectivity index (χ2n) is 11.6. The van der Waals surface area contributed by atoms with Gasteiger partial charge in [0.15, 0.2) is 0 Å². The number of hydrogen-bond acceptors (Lipinski definition) is 5. The average Bonchev–Trinajstić information content (AvgIpc) is 3.71. The van der Waals surface area contributed by atoms with Gasteiger partial charge in [0, 0.05) is 82.5 Å². The first-order valence-corrected chi connectivity index (χ1v) is 17.4. The lowest BCUT2D eigenvalue weighted by Crippen LogP contribution is -2.33. The van der Waals surface area contributed by atoms with Gasteiger partial charge in [0.05, 0.1) is 10.0 Å². The van der Waals surface area contributed by atoms with E-state index in [1.54, 1.807) is 42.7 Å². The number of imidazole rings is 2. The number of alkyl carbamates (subject to hydrolysis) is 1. The summed E-state index contributed by atoms with van der Waals surface area (Å²) in [4.78, 5) is 38.4. The molecular formula is C37H42Cl4F2N6O3. The molecule has 0 saturated heterocycles. The minimum atomic E-state index is -0.798. The van der Waals surface area contributed by atoms with E-state index in [2.05, 4.69) is 30.6 Å². The SMILES string of the molecule is C.CC.CC(C)(C)OC(=O)NCCc1cnc(-c2ccc(Cl)cc2Cl)[nH]1.O=C(NCCc1cnc(-c2ccc(Cl)cc2Cl)[nH]1)c1cc(F)cc(F)c1. The maximum Gasteiger partial charge on any atom is 0.407 e. The van der Waals surface area contributed by atoms with Gasteiger partial charge < -0.3 is 25.3 Å². The average molecular weight is 799 g/mol. The lowest BCUT2D eigenvalue weighted by molar-refractivity contribution is 0.0528. The normalized spacial score (nSPS) is 10.5. The molecule has 0 aliphatic rings. The van der Waals surface area contributed by atoms with Crippen LogP contribution in [0.5, 0.6) is 0 Å². The number of halogens is 6. The van der Waals surface area contributed by atoms with Gasteiger partial charge in [-0.2, -0.15) is 0 Å². The third kappa shape index (κ3) is 14.1. The van der Waals surface area contributed by atoms with E-state index in [-0.39, 0.29) is 19.5 Å². The monoisotopic (exact) mass is 796 g/mol. The Morgan fingerprint density at radius 3 is 1.60 bits per heavy atom. The highest BCUT2D eigenvalue weighted by atomic mass is 35.5. The predicted molar refractivity (Wildman–Crippen MR) is 207 cm³/mol. The molecule has 0 radical (unpaired) electrons. The lowest BCUT2D eigenvalue weighted by Gasteiger charge is -2.19. The summed E-state index contributed by atoms with van der Waals surface area (Å²) in [6.45, 7) is 10.2. The quantitative estimate of drug-likeness (QED) is 0.118. The number of benzene rings is 3. The molecule has 9 nitrogen and oxygen atoms in total. The fraction of sp³-hybridized carbons (Fsp3) is 0.297. The zero-order valence-electron chi connectivity index (χ0n) is 28.6. The molecule has 5 aromatic rings. The number of ether oxygens (including phenoxy) is 1. The summed E-state index contributed by atoms with van der Waals surface area (Å²) in [6.07, 6.45) is 3.99. The molecule has 0 fully saturated rings. The van der Waals surface area contributed by atoms with Crippen LogP contribution in [-0.2, 0) is 17.6 Å². The van der Waals surface area contributed by atoms with Crippen LogP contribution in [0.15, 0.2) is 67.0 Å². The number of H-pyrrole nitrogens is 2. The van der Waals surface area contributed by atoms with Crippen LogP contribution in [0.2, 0.25) is 20.1 Å². The number of aromatic nitrogens is 4. The predicted octanol–water partition coefficient (Wildman–Crippen LogP) is 10.7. The maximum atomic E-state index is 13.1. The van der Waals surface area contributed by atoms with E-state index in [1.165, 1.54) is 0 Å². The van der Waals surface area contributed by atoms with Crippen LogP contribution in [0.1, 0.15) is 63.8 Å². The zero-order valence-corrected chi connectivity index (χ0v) is 31.6. The molecular weight excluding hydrogens is 756 g/mol. The molecule has 0 unspecified atom stereocenters. The second-order valence-corrected chi connectivity index (χ2v) is 13.3. The molecule has 0 saturated carbocycles. The van der Waals surface area contributed by atoms with Crippen molar-refractivity contribution >= 4 is 58.4 Å². The number of amides is 2. The smallest absolute Gasteiger partial charge is 0.407 e. The van der Waals surface area contributed by atoms with E-state index in [1.807, 2.05) is 40.7 Å². The molecule has 52 heavy (non-hydrogen) atoms. The van der Waals surface area contributed by atoms with Gasteiger partial charge >= 0.3 is 6.09 Å². The van der Waals surface area contributed by atoms with E-state index in [4.69, 9.17) is 51.1 Å². The van der Waals surface area contributed by atoms with Gasteiger partial charge in [-0.05, 0) is 69.3 Å². The van der Waals surface area contributed by atoms with Gasteiger partial charge in [-0.25, -0.2) is 23.5 Å². The van der Waals surface area contributed by atoms with Crippen LogP contribution in [-0.4, -0.2) is 50.6 Å². The van der Waals surface area contributed by atoms with E-state index >= 15 is 0 Å². The summed E-state index contributed by atoms with van der Waals surface area (Å²) in [6, 6.07) is 13.0. The number of nitrogens with one attached hydrogen (secondary N) is 4. The van der Waals surface area contributed by atoms with Gasteiger partial charge in [-0.3, -0.25) is 4.79 Å². The van der Waals surface area contributed by atoms with Gasteiger partial charge in [0.25, 0.3) is 5.91 Å². The van der Waals surface area contributed by atoms with Crippen LogP contribution in [0.25, 0.3) is 22.8 Å². The fourth-order valence-electron chi connectivity index (χ4n) is 4.32. The molecule has 5 rings (SSSR count). The number of hydrogen-bond donors (Lipinski definition) is 4. The molecule has 0 aliphatic heterocycles. The van der Waals surface area contributed by atoms with Crippen molar-refractivity contribution in [2.24, 2.45) is 0 Å². The van der Waals surface area contributed by atoms with Gasteiger partial charge in [0.1, 0.15) is 28.9 Å². The Hall–Kier alpha value is -4.16. The fourth-order valence-corrected chi connectivity index (χ4v) is 5.32. The maximum absolute atomic E-state index is 13.1. The van der Waals surface area contributed by atoms with E-state index in [0.717, 1.165) is 29.1 Å². The van der Waals surface area contributed by atoms with E-state index in [0.29, 0.717) is 62.8 Å². The molecule has 0 bridgehead atoms. The standard InChI is InChI=1S/C18H13Cl2F2N3O.C16H19Cl2N3O2.C2H6.CH4/c19-11-1-2-15(16(20)7-11)17-24-9-14(25-17)3-4-23-18(26)10-5-12(21)8-13(22)6-10;1-16(2,3)23-15(22)19-7-6-11-9-20-14(21-11)12-5-4-10(17)8-13(12)18;1-2;/h1-2,5-9H,3-4H2,(H,23,26)(H,24,25);4-5,8-9H,6-7H2,1-3H3,(H,19,22)(H,20,21);1-2H3;1H4. The molecule has 0 aliphatic carbocycles. The van der Waals surface area contributed by atoms with Crippen molar-refractivity contribution < 1.29 is 23.1 Å². The summed E-state index contributed by atoms with van der Waals surface area (Å²) in [5, 5.41) is 7.42. The Kier molecular flexibility index (Phi) is 17.6. The van der Waals surface area contributed by atoms with Crippen LogP contribution >= 0.6 is 46.4 Å². The molecule has 280 valence electrons. The number of nitrogens with zero attached hydrogens (tertiary/aromatic N) is 2. The first-order chi connectivity index (χ1) is 24.2. The first-order valence-electron chi connectivity index (χ1n) is 15.9. The molecule has 2 aromatic heterocycles. The highest BCUT2D eigenvalue weighted by molar-refractivity contribution is 6.36. The number of carbonyl (C=O) groups is 2. The number of aromatic amines is 2. The van der Waals surface area contributed by atoms with E-state index in [9.17, 15) is 18.4 Å². The molecule has 3 aromatic carbocycles. The number of rotatable bonds is 9. The minimum Gasteiger partial charge on any atom is -0.444 e. The number of carbonyl (C=O) groups excluding carboxylic acids is 2. The first kappa shape index (κ1) is 44.0. The molecule has 2 amide bonds. The van der Waals surface area contributed by atoms with Gasteiger partial charge in [-0.15, -0.1) is 0 Å². The minimum absolute atomic E-state index is 0.